The first kappa shape index (κ1) is 22.5. The first-order valence-corrected chi connectivity index (χ1v) is 10.8. The van der Waals surface area contributed by atoms with E-state index in [2.05, 4.69) is 20.4 Å². The largest absolute Gasteiger partial charge is 0.468 e. The topological polar surface area (TPSA) is 97.4 Å². The number of nitrogens with one attached hydrogen (secondary N) is 2. The molecule has 2 aromatic rings. The molecule has 2 amide bonds. The molecule has 1 aromatic carbocycles. The molecule has 1 heterocycles. The van der Waals surface area contributed by atoms with Crippen LogP contribution in [0.25, 0.3) is 0 Å². The van der Waals surface area contributed by atoms with Gasteiger partial charge in [0.25, 0.3) is 5.91 Å². The number of anilines is 2. The summed E-state index contributed by atoms with van der Waals surface area (Å²) in [5.74, 6) is -1.86. The van der Waals surface area contributed by atoms with E-state index in [0.717, 1.165) is 42.4 Å². The number of rotatable bonds is 6. The highest BCUT2D eigenvalue weighted by Gasteiger charge is 2.58. The Hall–Kier alpha value is -2.66. The van der Waals surface area contributed by atoms with Crippen molar-refractivity contribution in [2.24, 2.45) is 5.41 Å². The number of thiazole rings is 1. The first-order valence-electron chi connectivity index (χ1n) is 9.64. The van der Waals surface area contributed by atoms with E-state index in [9.17, 15) is 27.6 Å². The molecule has 2 saturated carbocycles. The summed E-state index contributed by atoms with van der Waals surface area (Å²) in [6, 6.07) is 2.64. The van der Waals surface area contributed by atoms with Crippen LogP contribution in [0.3, 0.4) is 0 Å². The minimum absolute atomic E-state index is 0.0186. The molecule has 2 aliphatic rings. The average Bonchev–Trinajstić information content (AvgIpc) is 3.66. The molecule has 32 heavy (non-hydrogen) atoms. The van der Waals surface area contributed by atoms with E-state index in [4.69, 9.17) is 11.6 Å². The van der Waals surface area contributed by atoms with Crippen LogP contribution in [-0.4, -0.2) is 29.9 Å². The van der Waals surface area contributed by atoms with Crippen LogP contribution in [0.15, 0.2) is 18.2 Å². The number of alkyl halides is 3. The van der Waals surface area contributed by atoms with Crippen molar-refractivity contribution in [3.8, 4) is 0 Å². The Morgan fingerprint density at radius 2 is 1.91 bits per heavy atom. The van der Waals surface area contributed by atoms with Crippen LogP contribution in [0.5, 0.6) is 0 Å². The second-order valence-corrected chi connectivity index (χ2v) is 9.09. The lowest BCUT2D eigenvalue weighted by Crippen LogP contribution is -2.32. The van der Waals surface area contributed by atoms with Gasteiger partial charge in [-0.15, -0.1) is 0 Å². The summed E-state index contributed by atoms with van der Waals surface area (Å²) in [7, 11) is 1.20. The van der Waals surface area contributed by atoms with Crippen molar-refractivity contribution in [3.05, 3.63) is 39.4 Å². The number of methoxy groups -OCH3 is 1. The van der Waals surface area contributed by atoms with Crippen molar-refractivity contribution in [1.29, 1.82) is 0 Å². The quantitative estimate of drug-likeness (QED) is 0.449. The second kappa shape index (κ2) is 8.04. The molecule has 2 fully saturated rings. The van der Waals surface area contributed by atoms with Crippen molar-refractivity contribution in [2.75, 3.05) is 17.7 Å². The van der Waals surface area contributed by atoms with Gasteiger partial charge in [0.05, 0.1) is 29.1 Å². The van der Waals surface area contributed by atoms with E-state index in [0.29, 0.717) is 18.5 Å². The second-order valence-electron chi connectivity index (χ2n) is 7.68. The molecule has 7 nitrogen and oxygen atoms in total. The third kappa shape index (κ3) is 4.31. The number of aromatic nitrogens is 1. The van der Waals surface area contributed by atoms with E-state index in [1.807, 2.05) is 0 Å². The SMILES string of the molecule is COC(=O)C1(C(=O)Nc2nc(C3CC3)c(C(=O)Nc3cc(C(F)(F)F)ccc3Cl)s2)CC1. The maximum atomic E-state index is 13.0. The third-order valence-electron chi connectivity index (χ3n) is 5.35. The van der Waals surface area contributed by atoms with Gasteiger partial charge in [0.15, 0.2) is 5.13 Å². The molecule has 0 aliphatic heterocycles. The van der Waals surface area contributed by atoms with Gasteiger partial charge < -0.3 is 15.4 Å². The number of carbonyl (C=O) groups excluding carboxylic acids is 3. The monoisotopic (exact) mass is 487 g/mol. The summed E-state index contributed by atoms with van der Waals surface area (Å²) in [5, 5.41) is 5.07. The lowest BCUT2D eigenvalue weighted by molar-refractivity contribution is -0.150. The number of ether oxygens (including phenoxy) is 1. The van der Waals surface area contributed by atoms with Gasteiger partial charge in [0, 0.05) is 5.92 Å². The molecular weight excluding hydrogens is 471 g/mol. The van der Waals surface area contributed by atoms with Crippen molar-refractivity contribution >= 4 is 51.5 Å². The average molecular weight is 488 g/mol. The Labute approximate surface area is 189 Å². The Morgan fingerprint density at radius 3 is 2.47 bits per heavy atom. The number of carbonyl (C=O) groups is 3. The molecule has 0 atom stereocenters. The van der Waals surface area contributed by atoms with E-state index >= 15 is 0 Å². The highest BCUT2D eigenvalue weighted by molar-refractivity contribution is 7.17. The van der Waals surface area contributed by atoms with Crippen molar-refractivity contribution < 1.29 is 32.3 Å². The van der Waals surface area contributed by atoms with E-state index in [1.165, 1.54) is 7.11 Å². The fourth-order valence-corrected chi connectivity index (χ4v) is 4.33. The van der Waals surface area contributed by atoms with Crippen LogP contribution in [0.1, 0.15) is 52.5 Å². The molecule has 1 aromatic heterocycles. The maximum Gasteiger partial charge on any atom is 0.416 e. The zero-order valence-corrected chi connectivity index (χ0v) is 18.2. The Kier molecular flexibility index (Phi) is 5.66. The van der Waals surface area contributed by atoms with Gasteiger partial charge in [0.1, 0.15) is 10.3 Å². The van der Waals surface area contributed by atoms with Crippen molar-refractivity contribution in [2.45, 2.75) is 37.8 Å². The number of benzene rings is 1. The molecule has 2 aliphatic carbocycles. The van der Waals surface area contributed by atoms with Gasteiger partial charge in [-0.2, -0.15) is 13.2 Å². The Bertz CT molecular complexity index is 1110. The molecule has 0 radical (unpaired) electrons. The van der Waals surface area contributed by atoms with Crippen LogP contribution in [0, 0.1) is 5.41 Å². The third-order valence-corrected chi connectivity index (χ3v) is 6.66. The summed E-state index contributed by atoms with van der Waals surface area (Å²) in [4.78, 5) is 41.9. The lowest BCUT2D eigenvalue weighted by atomic mass is 10.1. The van der Waals surface area contributed by atoms with E-state index in [1.54, 1.807) is 0 Å². The number of nitrogens with zero attached hydrogens (tertiary/aromatic N) is 1. The first-order chi connectivity index (χ1) is 15.0. The zero-order valence-electron chi connectivity index (χ0n) is 16.6. The highest BCUT2D eigenvalue weighted by Crippen LogP contribution is 2.48. The maximum absolute atomic E-state index is 13.0. The van der Waals surface area contributed by atoms with Crippen LogP contribution in [-0.2, 0) is 20.5 Å². The van der Waals surface area contributed by atoms with Gasteiger partial charge in [-0.3, -0.25) is 14.4 Å². The standard InChI is InChI=1S/C20H17ClF3N3O4S/c1-31-17(30)19(6-7-19)16(29)27-18-26-13(9-2-3-9)14(32-18)15(28)25-12-8-10(20(22,23)24)4-5-11(12)21/h4-5,8-9H,2-3,6-7H2,1H3,(H,25,28)(H,26,27,29). The number of halogens is 4. The van der Waals surface area contributed by atoms with Gasteiger partial charge in [0.2, 0.25) is 5.91 Å². The normalized spacial score (nSPS) is 16.9. The Morgan fingerprint density at radius 1 is 1.22 bits per heavy atom. The Balaban J connectivity index is 1.57. The molecule has 2 N–H and O–H groups in total. The molecular formula is C20H17ClF3N3O4S. The molecule has 0 bridgehead atoms. The van der Waals surface area contributed by atoms with Gasteiger partial charge in [-0.05, 0) is 43.9 Å². The van der Waals surface area contributed by atoms with Gasteiger partial charge in [-0.1, -0.05) is 22.9 Å². The summed E-state index contributed by atoms with van der Waals surface area (Å²) < 4.78 is 43.7. The summed E-state index contributed by atoms with van der Waals surface area (Å²) in [6.07, 6.45) is -2.29. The predicted octanol–water partition coefficient (Wildman–Crippen LogP) is 4.84. The van der Waals surface area contributed by atoms with Crippen LogP contribution >= 0.6 is 22.9 Å². The zero-order chi connectivity index (χ0) is 23.3. The van der Waals surface area contributed by atoms with Crippen molar-refractivity contribution in [1.82, 2.24) is 4.98 Å². The van der Waals surface area contributed by atoms with Gasteiger partial charge >= 0.3 is 12.1 Å². The summed E-state index contributed by atoms with van der Waals surface area (Å²) >= 11 is 6.86. The molecule has 0 saturated heterocycles. The van der Waals surface area contributed by atoms with Gasteiger partial charge in [-0.25, -0.2) is 4.98 Å². The number of esters is 1. The number of hydrogen-bond donors (Lipinski definition) is 2. The summed E-state index contributed by atoms with van der Waals surface area (Å²) in [5.41, 5.74) is -1.92. The number of amides is 2. The fourth-order valence-electron chi connectivity index (χ4n) is 3.22. The minimum Gasteiger partial charge on any atom is -0.468 e. The van der Waals surface area contributed by atoms with Crippen LogP contribution < -0.4 is 10.6 Å². The van der Waals surface area contributed by atoms with Crippen molar-refractivity contribution in [3.63, 3.8) is 0 Å². The molecule has 0 spiro atoms. The number of hydrogen-bond acceptors (Lipinski definition) is 6. The predicted molar refractivity (Wildman–Crippen MR) is 111 cm³/mol. The fraction of sp³-hybridized carbons (Fsp3) is 0.400. The van der Waals surface area contributed by atoms with E-state index < -0.39 is 34.9 Å². The molecule has 170 valence electrons. The smallest absolute Gasteiger partial charge is 0.416 e. The molecule has 4 rings (SSSR count). The minimum atomic E-state index is -4.59. The lowest BCUT2D eigenvalue weighted by Gasteiger charge is -2.11. The van der Waals surface area contributed by atoms with Crippen LogP contribution in [0.2, 0.25) is 5.02 Å². The van der Waals surface area contributed by atoms with E-state index in [-0.39, 0.29) is 26.6 Å². The molecule has 0 unspecified atom stereocenters. The molecule has 12 heteroatoms. The summed E-state index contributed by atoms with van der Waals surface area (Å²) in [6.45, 7) is 0. The van der Waals surface area contributed by atoms with Crippen LogP contribution in [0.4, 0.5) is 24.0 Å². The highest BCUT2D eigenvalue weighted by atomic mass is 35.5.